The van der Waals surface area contributed by atoms with Crippen LogP contribution in [-0.4, -0.2) is 25.5 Å². The molecule has 0 aliphatic heterocycles. The largest absolute Gasteiger partial charge is 0.383 e. The van der Waals surface area contributed by atoms with Gasteiger partial charge in [-0.15, -0.1) is 0 Å². The summed E-state index contributed by atoms with van der Waals surface area (Å²) in [6.45, 7) is 0.441. The maximum absolute atomic E-state index is 11.6. The molecular formula is C11H18N3O4P. The molecule has 106 valence electrons. The molecule has 1 heterocycles. The summed E-state index contributed by atoms with van der Waals surface area (Å²) in [5, 5.41) is 0. The molecule has 7 nitrogen and oxygen atoms in total. The summed E-state index contributed by atoms with van der Waals surface area (Å²) in [6.07, 6.45) is 3.99. The molecule has 0 amide bonds. The van der Waals surface area contributed by atoms with Gasteiger partial charge in [0.1, 0.15) is 5.82 Å². The van der Waals surface area contributed by atoms with Gasteiger partial charge in [0.2, 0.25) is 0 Å². The average molecular weight is 287 g/mol. The van der Waals surface area contributed by atoms with Crippen molar-refractivity contribution in [3.8, 4) is 0 Å². The van der Waals surface area contributed by atoms with Crippen LogP contribution in [0.1, 0.15) is 19.3 Å². The highest BCUT2D eigenvalue weighted by molar-refractivity contribution is 7.51. The molecular weight excluding hydrogens is 269 g/mol. The van der Waals surface area contributed by atoms with Crippen molar-refractivity contribution >= 4 is 13.4 Å². The van der Waals surface area contributed by atoms with E-state index in [-0.39, 0.29) is 17.9 Å². The molecule has 1 aromatic heterocycles. The third kappa shape index (κ3) is 4.45. The van der Waals surface area contributed by atoms with Crippen molar-refractivity contribution in [2.75, 3.05) is 11.9 Å². The van der Waals surface area contributed by atoms with E-state index in [0.717, 1.165) is 12.8 Å². The van der Waals surface area contributed by atoms with Gasteiger partial charge in [0.05, 0.1) is 6.16 Å². The Labute approximate surface area is 110 Å². The van der Waals surface area contributed by atoms with Crippen molar-refractivity contribution in [1.82, 2.24) is 9.55 Å². The van der Waals surface area contributed by atoms with Crippen LogP contribution in [0.25, 0.3) is 0 Å². The van der Waals surface area contributed by atoms with Crippen LogP contribution in [0.2, 0.25) is 0 Å². The van der Waals surface area contributed by atoms with Crippen LogP contribution in [0.3, 0.4) is 0 Å². The standard InChI is InChI=1S/C11H18N3O4P/c12-10-3-5-14(11(15)13-10)7-9(8-1-2-8)4-6-19(16,17)18/h3,5,8-9H,1-2,4,6-7H2,(H2,12,13,15)(H2,16,17,18). The SMILES string of the molecule is Nc1ccn(CC(CCP(=O)(O)O)C2CC2)c(=O)n1. The maximum atomic E-state index is 11.6. The van der Waals surface area contributed by atoms with Gasteiger partial charge >= 0.3 is 13.3 Å². The summed E-state index contributed by atoms with van der Waals surface area (Å²) in [4.78, 5) is 33.2. The second kappa shape index (κ2) is 5.45. The predicted molar refractivity (Wildman–Crippen MR) is 70.7 cm³/mol. The maximum Gasteiger partial charge on any atom is 0.349 e. The zero-order chi connectivity index (χ0) is 14.0. The number of nitrogens with zero attached hydrogens (tertiary/aromatic N) is 2. The van der Waals surface area contributed by atoms with Gasteiger partial charge in [-0.25, -0.2) is 4.79 Å². The first-order chi connectivity index (χ1) is 8.85. The van der Waals surface area contributed by atoms with Crippen LogP contribution in [0, 0.1) is 11.8 Å². The minimum atomic E-state index is -3.98. The molecule has 0 aromatic carbocycles. The van der Waals surface area contributed by atoms with Crippen molar-refractivity contribution in [2.24, 2.45) is 11.8 Å². The summed E-state index contributed by atoms with van der Waals surface area (Å²) in [7, 11) is -3.98. The molecule has 1 unspecified atom stereocenters. The van der Waals surface area contributed by atoms with Crippen LogP contribution in [0.4, 0.5) is 5.82 Å². The van der Waals surface area contributed by atoms with Crippen molar-refractivity contribution in [3.05, 3.63) is 22.7 Å². The highest BCUT2D eigenvalue weighted by Crippen LogP contribution is 2.43. The lowest BCUT2D eigenvalue weighted by Gasteiger charge is -2.17. The van der Waals surface area contributed by atoms with Crippen LogP contribution in [-0.2, 0) is 11.1 Å². The Hall–Kier alpha value is -1.17. The zero-order valence-electron chi connectivity index (χ0n) is 10.5. The molecule has 0 spiro atoms. The number of rotatable bonds is 6. The minimum Gasteiger partial charge on any atom is -0.383 e. The molecule has 1 fully saturated rings. The molecule has 1 aliphatic rings. The topological polar surface area (TPSA) is 118 Å². The highest BCUT2D eigenvalue weighted by Gasteiger charge is 2.32. The second-order valence-corrected chi connectivity index (χ2v) is 6.84. The van der Waals surface area contributed by atoms with Crippen LogP contribution < -0.4 is 11.4 Å². The first-order valence-corrected chi connectivity index (χ1v) is 8.02. The van der Waals surface area contributed by atoms with Gasteiger partial charge < -0.3 is 15.5 Å². The fourth-order valence-electron chi connectivity index (χ4n) is 2.21. The van der Waals surface area contributed by atoms with Gasteiger partial charge in [0, 0.05) is 12.7 Å². The number of hydrogen-bond donors (Lipinski definition) is 3. The molecule has 0 bridgehead atoms. The molecule has 1 aliphatic carbocycles. The Bertz CT molecular complexity index is 549. The van der Waals surface area contributed by atoms with E-state index in [4.69, 9.17) is 15.5 Å². The third-order valence-corrected chi connectivity index (χ3v) is 4.25. The predicted octanol–water partition coefficient (Wildman–Crippen LogP) is 0.419. The molecule has 1 saturated carbocycles. The lowest BCUT2D eigenvalue weighted by molar-refractivity contribution is 0.342. The van der Waals surface area contributed by atoms with Gasteiger partial charge in [-0.05, 0) is 37.2 Å². The number of nitrogens with two attached hydrogens (primary N) is 1. The first kappa shape index (κ1) is 14.2. The molecule has 0 saturated heterocycles. The highest BCUT2D eigenvalue weighted by atomic mass is 31.2. The summed E-state index contributed by atoms with van der Waals surface area (Å²) in [5.74, 6) is 0.742. The Balaban J connectivity index is 2.04. The number of anilines is 1. The Morgan fingerprint density at radius 1 is 1.53 bits per heavy atom. The normalized spacial score (nSPS) is 17.4. The number of aromatic nitrogens is 2. The van der Waals surface area contributed by atoms with E-state index in [0.29, 0.717) is 18.9 Å². The first-order valence-electron chi connectivity index (χ1n) is 6.23. The quantitative estimate of drug-likeness (QED) is 0.652. The third-order valence-electron chi connectivity index (χ3n) is 3.41. The van der Waals surface area contributed by atoms with E-state index >= 15 is 0 Å². The minimum absolute atomic E-state index is 0.107. The molecule has 1 atom stereocenters. The number of hydrogen-bond acceptors (Lipinski definition) is 4. The van der Waals surface area contributed by atoms with E-state index < -0.39 is 13.3 Å². The lowest BCUT2D eigenvalue weighted by Crippen LogP contribution is -2.27. The van der Waals surface area contributed by atoms with Crippen LogP contribution >= 0.6 is 7.60 Å². The fourth-order valence-corrected chi connectivity index (χ4v) is 2.88. The summed E-state index contributed by atoms with van der Waals surface area (Å²) in [5.41, 5.74) is 5.00. The van der Waals surface area contributed by atoms with E-state index in [1.165, 1.54) is 4.57 Å². The molecule has 2 rings (SSSR count). The van der Waals surface area contributed by atoms with Gasteiger partial charge in [-0.1, -0.05) is 0 Å². The van der Waals surface area contributed by atoms with Crippen molar-refractivity contribution in [3.63, 3.8) is 0 Å². The summed E-state index contributed by atoms with van der Waals surface area (Å²) in [6, 6.07) is 1.55. The Morgan fingerprint density at radius 3 is 2.74 bits per heavy atom. The second-order valence-electron chi connectivity index (χ2n) is 5.06. The lowest BCUT2D eigenvalue weighted by atomic mass is 10.0. The van der Waals surface area contributed by atoms with Gasteiger partial charge in [-0.3, -0.25) is 9.13 Å². The summed E-state index contributed by atoms with van der Waals surface area (Å²) >= 11 is 0. The van der Waals surface area contributed by atoms with Gasteiger partial charge in [-0.2, -0.15) is 4.98 Å². The van der Waals surface area contributed by atoms with E-state index in [2.05, 4.69) is 4.98 Å². The van der Waals surface area contributed by atoms with Crippen molar-refractivity contribution in [2.45, 2.75) is 25.8 Å². The van der Waals surface area contributed by atoms with E-state index in [1.807, 2.05) is 0 Å². The molecule has 1 aromatic rings. The molecule has 0 radical (unpaired) electrons. The van der Waals surface area contributed by atoms with Gasteiger partial charge in [0.25, 0.3) is 0 Å². The average Bonchev–Trinajstić information content (AvgIpc) is 3.09. The van der Waals surface area contributed by atoms with Crippen LogP contribution in [0.5, 0.6) is 0 Å². The molecule has 19 heavy (non-hydrogen) atoms. The smallest absolute Gasteiger partial charge is 0.349 e. The Kier molecular flexibility index (Phi) is 4.08. The number of nitrogen functional groups attached to an aromatic ring is 1. The van der Waals surface area contributed by atoms with Gasteiger partial charge in [0.15, 0.2) is 0 Å². The molecule has 8 heteroatoms. The molecule has 4 N–H and O–H groups in total. The van der Waals surface area contributed by atoms with Crippen LogP contribution in [0.15, 0.2) is 17.1 Å². The fraction of sp³-hybridized carbons (Fsp3) is 0.636. The van der Waals surface area contributed by atoms with E-state index in [9.17, 15) is 9.36 Å². The monoisotopic (exact) mass is 287 g/mol. The Morgan fingerprint density at radius 2 is 2.21 bits per heavy atom. The van der Waals surface area contributed by atoms with Crippen molar-refractivity contribution < 1.29 is 14.4 Å². The van der Waals surface area contributed by atoms with E-state index in [1.54, 1.807) is 12.3 Å². The zero-order valence-corrected chi connectivity index (χ0v) is 11.4. The van der Waals surface area contributed by atoms with Crippen molar-refractivity contribution in [1.29, 1.82) is 0 Å². The summed E-state index contributed by atoms with van der Waals surface area (Å²) < 4.78 is 12.4.